The summed E-state index contributed by atoms with van der Waals surface area (Å²) in [4.78, 5) is 7.50. The van der Waals surface area contributed by atoms with E-state index in [0.717, 1.165) is 44.0 Å². The summed E-state index contributed by atoms with van der Waals surface area (Å²) in [5, 5.41) is 6.84. The molecule has 0 unspecified atom stereocenters. The maximum Gasteiger partial charge on any atom is 0.191 e. The van der Waals surface area contributed by atoms with Crippen molar-refractivity contribution in [3.05, 3.63) is 29.8 Å². The summed E-state index contributed by atoms with van der Waals surface area (Å²) < 4.78 is 23.1. The van der Waals surface area contributed by atoms with Gasteiger partial charge in [0.15, 0.2) is 15.8 Å². The molecule has 1 heterocycles. The molecule has 2 N–H and O–H groups in total. The molecule has 1 aromatic carbocycles. The van der Waals surface area contributed by atoms with Crippen molar-refractivity contribution in [2.75, 3.05) is 25.9 Å². The third-order valence-corrected chi connectivity index (χ3v) is 5.84. The highest BCUT2D eigenvalue weighted by molar-refractivity contribution is 7.90. The Balaban J connectivity index is 1.94. The van der Waals surface area contributed by atoms with Gasteiger partial charge in [-0.25, -0.2) is 13.4 Å². The van der Waals surface area contributed by atoms with Crippen molar-refractivity contribution < 1.29 is 8.42 Å². The van der Waals surface area contributed by atoms with Crippen LogP contribution in [0, 0.1) is 0 Å². The second-order valence-corrected chi connectivity index (χ2v) is 9.18. The van der Waals surface area contributed by atoms with E-state index in [0.29, 0.717) is 23.5 Å². The lowest BCUT2D eigenvalue weighted by molar-refractivity contribution is 0.167. The van der Waals surface area contributed by atoms with Crippen LogP contribution >= 0.6 is 0 Å². The highest BCUT2D eigenvalue weighted by Crippen LogP contribution is 2.13. The highest BCUT2D eigenvalue weighted by Gasteiger charge is 2.21. The van der Waals surface area contributed by atoms with E-state index < -0.39 is 9.84 Å². The van der Waals surface area contributed by atoms with E-state index >= 15 is 0 Å². The minimum atomic E-state index is -3.15. The van der Waals surface area contributed by atoms with E-state index in [1.54, 1.807) is 12.1 Å². The van der Waals surface area contributed by atoms with Crippen LogP contribution in [0.4, 0.5) is 0 Å². The number of likely N-dealkylation sites (tertiary alicyclic amines) is 1. The van der Waals surface area contributed by atoms with Crippen LogP contribution in [0.25, 0.3) is 0 Å². The molecule has 1 aliphatic heterocycles. The second kappa shape index (κ2) is 9.37. The van der Waals surface area contributed by atoms with Crippen LogP contribution in [0.2, 0.25) is 0 Å². The van der Waals surface area contributed by atoms with E-state index in [2.05, 4.69) is 41.3 Å². The molecule has 1 saturated heterocycles. The molecular formula is C19H32N4O2S. The van der Waals surface area contributed by atoms with Gasteiger partial charge in [-0.2, -0.15) is 0 Å². The topological polar surface area (TPSA) is 73.8 Å². The zero-order valence-electron chi connectivity index (χ0n) is 16.3. The number of nitrogens with one attached hydrogen (secondary N) is 2. The molecule has 0 radical (unpaired) electrons. The van der Waals surface area contributed by atoms with E-state index in [1.165, 1.54) is 6.26 Å². The first-order valence-corrected chi connectivity index (χ1v) is 11.3. The van der Waals surface area contributed by atoms with Gasteiger partial charge in [0, 0.05) is 38.0 Å². The van der Waals surface area contributed by atoms with Crippen LogP contribution in [0.15, 0.2) is 34.2 Å². The fourth-order valence-electron chi connectivity index (χ4n) is 3.09. The van der Waals surface area contributed by atoms with Gasteiger partial charge in [-0.1, -0.05) is 12.1 Å². The first-order valence-electron chi connectivity index (χ1n) is 9.37. The molecule has 0 bridgehead atoms. The van der Waals surface area contributed by atoms with Crippen LogP contribution in [-0.4, -0.2) is 57.3 Å². The van der Waals surface area contributed by atoms with E-state index in [4.69, 9.17) is 0 Å². The number of guanidine groups is 1. The van der Waals surface area contributed by atoms with Crippen molar-refractivity contribution in [3.8, 4) is 0 Å². The van der Waals surface area contributed by atoms with Gasteiger partial charge >= 0.3 is 0 Å². The molecule has 1 aliphatic rings. The number of hydrogen-bond acceptors (Lipinski definition) is 4. The summed E-state index contributed by atoms with van der Waals surface area (Å²) in [5.41, 5.74) is 0.990. The van der Waals surface area contributed by atoms with Crippen molar-refractivity contribution in [2.24, 2.45) is 4.99 Å². The van der Waals surface area contributed by atoms with Crippen molar-refractivity contribution in [2.45, 2.75) is 57.1 Å². The van der Waals surface area contributed by atoms with Gasteiger partial charge in [-0.15, -0.1) is 0 Å². The number of aliphatic imine (C=N–C) groups is 1. The van der Waals surface area contributed by atoms with Gasteiger partial charge in [-0.05, 0) is 51.3 Å². The van der Waals surface area contributed by atoms with Crippen LogP contribution in [0.1, 0.15) is 39.2 Å². The summed E-state index contributed by atoms with van der Waals surface area (Å²) in [5.74, 6) is 0.822. The summed E-state index contributed by atoms with van der Waals surface area (Å²) in [6, 6.07) is 7.97. The van der Waals surface area contributed by atoms with Crippen LogP contribution in [-0.2, 0) is 16.4 Å². The van der Waals surface area contributed by atoms with Gasteiger partial charge in [0.2, 0.25) is 0 Å². The maximum atomic E-state index is 11.5. The lowest BCUT2D eigenvalue weighted by Crippen LogP contribution is -2.49. The minimum Gasteiger partial charge on any atom is -0.357 e. The highest BCUT2D eigenvalue weighted by atomic mass is 32.2. The van der Waals surface area contributed by atoms with Gasteiger partial charge < -0.3 is 15.5 Å². The van der Waals surface area contributed by atoms with E-state index in [-0.39, 0.29) is 0 Å². The Morgan fingerprint density at radius 3 is 2.35 bits per heavy atom. The van der Waals surface area contributed by atoms with Gasteiger partial charge in [-0.3, -0.25) is 0 Å². The molecule has 1 fully saturated rings. The average Bonchev–Trinajstić information content (AvgIpc) is 2.60. The minimum absolute atomic E-state index is 0.340. The average molecular weight is 381 g/mol. The van der Waals surface area contributed by atoms with Gasteiger partial charge in [0.1, 0.15) is 0 Å². The quantitative estimate of drug-likeness (QED) is 0.583. The second-order valence-electron chi connectivity index (χ2n) is 7.16. The van der Waals surface area contributed by atoms with E-state index in [9.17, 15) is 8.42 Å². The third-order valence-electron chi connectivity index (χ3n) is 4.72. The fraction of sp³-hybridized carbons (Fsp3) is 0.632. The molecule has 0 atom stereocenters. The normalized spacial score (nSPS) is 17.5. The zero-order chi connectivity index (χ0) is 19.2. The Kier molecular flexibility index (Phi) is 7.46. The number of rotatable bonds is 6. The third kappa shape index (κ3) is 6.29. The Morgan fingerprint density at radius 1 is 1.23 bits per heavy atom. The number of nitrogens with zero attached hydrogens (tertiary/aromatic N) is 2. The molecule has 2 rings (SSSR count). The van der Waals surface area contributed by atoms with Crippen molar-refractivity contribution in [1.29, 1.82) is 0 Å². The smallest absolute Gasteiger partial charge is 0.191 e. The molecule has 0 aromatic heterocycles. The maximum absolute atomic E-state index is 11.5. The molecule has 0 amide bonds. The molecule has 26 heavy (non-hydrogen) atoms. The van der Waals surface area contributed by atoms with E-state index in [1.807, 2.05) is 12.1 Å². The first-order chi connectivity index (χ1) is 12.3. The number of hydrogen-bond donors (Lipinski definition) is 2. The van der Waals surface area contributed by atoms with Gasteiger partial charge in [0.25, 0.3) is 0 Å². The molecule has 1 aromatic rings. The summed E-state index contributed by atoms with van der Waals surface area (Å²) in [6.45, 7) is 10.1. The Bertz CT molecular complexity index is 691. The summed E-state index contributed by atoms with van der Waals surface area (Å²) in [6.07, 6.45) is 3.45. The lowest BCUT2D eigenvalue weighted by atomic mass is 10.0. The lowest BCUT2D eigenvalue weighted by Gasteiger charge is -2.35. The summed E-state index contributed by atoms with van der Waals surface area (Å²) >= 11 is 0. The summed E-state index contributed by atoms with van der Waals surface area (Å²) in [7, 11) is -3.15. The molecular weight excluding hydrogens is 348 g/mol. The monoisotopic (exact) mass is 380 g/mol. The van der Waals surface area contributed by atoms with Crippen LogP contribution < -0.4 is 10.6 Å². The first kappa shape index (κ1) is 20.7. The predicted molar refractivity (Wildman–Crippen MR) is 107 cm³/mol. The zero-order valence-corrected chi connectivity index (χ0v) is 17.1. The van der Waals surface area contributed by atoms with Crippen molar-refractivity contribution >= 4 is 15.8 Å². The molecule has 7 heteroatoms. The van der Waals surface area contributed by atoms with Crippen LogP contribution in [0.5, 0.6) is 0 Å². The predicted octanol–water partition coefficient (Wildman–Crippen LogP) is 2.02. The standard InChI is InChI=1S/C19H32N4O2S/c1-5-20-19(22-17-10-12-23(13-11-17)15(2)3)21-14-16-6-8-18(9-7-16)26(4,24)25/h6-9,15,17H,5,10-14H2,1-4H3,(H2,20,21,22). The number of piperidine rings is 1. The Labute approximate surface area is 158 Å². The molecule has 0 saturated carbocycles. The number of benzene rings is 1. The molecule has 0 aliphatic carbocycles. The van der Waals surface area contributed by atoms with Crippen molar-refractivity contribution in [3.63, 3.8) is 0 Å². The Morgan fingerprint density at radius 2 is 1.85 bits per heavy atom. The fourth-order valence-corrected chi connectivity index (χ4v) is 3.72. The molecule has 6 nitrogen and oxygen atoms in total. The molecule has 0 spiro atoms. The SMILES string of the molecule is CCNC(=NCc1ccc(S(C)(=O)=O)cc1)NC1CCN(C(C)C)CC1. The largest absolute Gasteiger partial charge is 0.357 e. The van der Waals surface area contributed by atoms with Crippen LogP contribution in [0.3, 0.4) is 0 Å². The van der Waals surface area contributed by atoms with Crippen molar-refractivity contribution in [1.82, 2.24) is 15.5 Å². The number of sulfone groups is 1. The molecule has 146 valence electrons. The Hall–Kier alpha value is -1.60. The van der Waals surface area contributed by atoms with Gasteiger partial charge in [0.05, 0.1) is 11.4 Å².